The summed E-state index contributed by atoms with van der Waals surface area (Å²) in [7, 11) is -1.26. The highest BCUT2D eigenvalue weighted by molar-refractivity contribution is 7.91. The van der Waals surface area contributed by atoms with Crippen LogP contribution in [0.25, 0.3) is 0 Å². The van der Waals surface area contributed by atoms with Gasteiger partial charge in [0.15, 0.2) is 9.84 Å². The van der Waals surface area contributed by atoms with E-state index in [1.54, 1.807) is 0 Å². The number of hydrogen-bond donors (Lipinski definition) is 2. The number of hydrogen-bond acceptors (Lipinski definition) is 7. The van der Waals surface area contributed by atoms with Gasteiger partial charge in [-0.15, -0.1) is 0 Å². The molecule has 0 bridgehead atoms. The van der Waals surface area contributed by atoms with Crippen LogP contribution in [0.4, 0.5) is 4.79 Å². The summed E-state index contributed by atoms with van der Waals surface area (Å²) in [5, 5.41) is 14.4. The van der Waals surface area contributed by atoms with E-state index in [0.29, 0.717) is 38.5 Å². The Kier molecular flexibility index (Phi) is 6.60. The van der Waals surface area contributed by atoms with Gasteiger partial charge in [-0.05, 0) is 57.6 Å². The van der Waals surface area contributed by atoms with E-state index in [1.807, 2.05) is 25.2 Å². The number of nitrogens with zero attached hydrogens (tertiary/aromatic N) is 3. The molecule has 202 valence electrons. The maximum absolute atomic E-state index is 13.9. The molecule has 1 spiro atoms. The molecular weight excluding hydrogens is 496 g/mol. The third-order valence-corrected chi connectivity index (χ3v) is 10.7. The summed E-state index contributed by atoms with van der Waals surface area (Å²) in [5.41, 5.74) is -1.33. The third kappa shape index (κ3) is 4.55. The Hall–Kier alpha value is -2.50. The number of sulfone groups is 1. The fourth-order valence-electron chi connectivity index (χ4n) is 6.39. The zero-order valence-corrected chi connectivity index (χ0v) is 22.1. The first-order valence-electron chi connectivity index (χ1n) is 13.1. The van der Waals surface area contributed by atoms with Crippen molar-refractivity contribution >= 4 is 27.7 Å². The van der Waals surface area contributed by atoms with Gasteiger partial charge in [0.2, 0.25) is 5.91 Å². The molecule has 37 heavy (non-hydrogen) atoms. The Morgan fingerprint density at radius 1 is 1.00 bits per heavy atom. The van der Waals surface area contributed by atoms with Crippen molar-refractivity contribution in [3.63, 3.8) is 0 Å². The molecule has 2 saturated heterocycles. The molecule has 4 amide bonds. The largest absolute Gasteiger partial charge is 0.388 e. The normalized spacial score (nSPS) is 31.0. The van der Waals surface area contributed by atoms with Gasteiger partial charge < -0.3 is 20.2 Å². The van der Waals surface area contributed by atoms with E-state index in [1.165, 1.54) is 9.80 Å². The summed E-state index contributed by atoms with van der Waals surface area (Å²) in [6, 6.07) is 9.52. The first kappa shape index (κ1) is 26.1. The summed E-state index contributed by atoms with van der Waals surface area (Å²) >= 11 is 0. The van der Waals surface area contributed by atoms with Crippen molar-refractivity contribution in [3.8, 4) is 0 Å². The highest BCUT2D eigenvalue weighted by Crippen LogP contribution is 2.48. The smallest absolute Gasteiger partial charge is 0.328 e. The Morgan fingerprint density at radius 3 is 2.16 bits per heavy atom. The van der Waals surface area contributed by atoms with Crippen molar-refractivity contribution in [2.75, 3.05) is 44.7 Å². The minimum atomic E-state index is -3.17. The fraction of sp³-hybridized carbons (Fsp3) is 0.654. The number of rotatable bonds is 6. The Bertz CT molecular complexity index is 1160. The van der Waals surface area contributed by atoms with E-state index in [0.717, 1.165) is 16.9 Å². The predicted octanol–water partition coefficient (Wildman–Crippen LogP) is 0.850. The van der Waals surface area contributed by atoms with Gasteiger partial charge >= 0.3 is 6.03 Å². The maximum Gasteiger partial charge on any atom is 0.328 e. The van der Waals surface area contributed by atoms with Crippen molar-refractivity contribution in [2.45, 2.75) is 61.6 Å². The van der Waals surface area contributed by atoms with Gasteiger partial charge in [0.1, 0.15) is 12.1 Å². The van der Waals surface area contributed by atoms with Crippen molar-refractivity contribution in [1.29, 1.82) is 0 Å². The fourth-order valence-corrected chi connectivity index (χ4v) is 7.59. The Balaban J connectivity index is 1.39. The van der Waals surface area contributed by atoms with Gasteiger partial charge in [0.05, 0.1) is 23.7 Å². The number of aliphatic hydroxyl groups is 1. The number of amides is 4. The molecule has 2 N–H and O–H groups in total. The zero-order chi connectivity index (χ0) is 26.5. The second kappa shape index (κ2) is 9.36. The monoisotopic (exact) mass is 532 g/mol. The molecule has 4 fully saturated rings. The van der Waals surface area contributed by atoms with Crippen LogP contribution in [-0.2, 0) is 25.0 Å². The number of urea groups is 1. The van der Waals surface area contributed by atoms with Crippen molar-refractivity contribution in [2.24, 2.45) is 0 Å². The van der Waals surface area contributed by atoms with Gasteiger partial charge in [-0.1, -0.05) is 30.3 Å². The van der Waals surface area contributed by atoms with Crippen LogP contribution in [0.2, 0.25) is 0 Å². The highest BCUT2D eigenvalue weighted by atomic mass is 32.2. The molecule has 2 aliphatic carbocycles. The van der Waals surface area contributed by atoms with Crippen molar-refractivity contribution in [3.05, 3.63) is 35.9 Å². The molecule has 0 atom stereocenters. The third-order valence-electron chi connectivity index (χ3n) is 9.08. The molecule has 11 heteroatoms. The molecule has 2 heterocycles. The molecular formula is C26H36N4O6S. The molecule has 0 radical (unpaired) electrons. The second-order valence-corrected chi connectivity index (χ2v) is 13.4. The van der Waals surface area contributed by atoms with Crippen LogP contribution in [0, 0.1) is 0 Å². The molecule has 5 rings (SSSR count). The van der Waals surface area contributed by atoms with Crippen LogP contribution in [-0.4, -0.2) is 102 Å². The second-order valence-electron chi connectivity index (χ2n) is 11.1. The van der Waals surface area contributed by atoms with Crippen LogP contribution in [0.15, 0.2) is 30.3 Å². The van der Waals surface area contributed by atoms with Crippen LogP contribution in [0.3, 0.4) is 0 Å². The first-order chi connectivity index (χ1) is 17.5. The van der Waals surface area contributed by atoms with Gasteiger partial charge in [-0.3, -0.25) is 14.5 Å². The van der Waals surface area contributed by atoms with E-state index in [-0.39, 0.29) is 36.7 Å². The van der Waals surface area contributed by atoms with Gasteiger partial charge in [-0.2, -0.15) is 0 Å². The molecule has 1 aromatic carbocycles. The average Bonchev–Trinajstić information content (AvgIpc) is 3.05. The lowest BCUT2D eigenvalue weighted by molar-refractivity contribution is -0.142. The Labute approximate surface area is 217 Å². The van der Waals surface area contributed by atoms with E-state index >= 15 is 0 Å². The average molecular weight is 533 g/mol. The number of nitrogens with one attached hydrogen (secondary N) is 1. The molecule has 0 unspecified atom stereocenters. The summed E-state index contributed by atoms with van der Waals surface area (Å²) in [6.45, 7) is -0.214. The molecule has 10 nitrogen and oxygen atoms in total. The number of benzene rings is 1. The summed E-state index contributed by atoms with van der Waals surface area (Å²) in [6.07, 6.45) is 4.09. The van der Waals surface area contributed by atoms with E-state index < -0.39 is 45.4 Å². The van der Waals surface area contributed by atoms with Crippen molar-refractivity contribution < 1.29 is 27.9 Å². The zero-order valence-electron chi connectivity index (χ0n) is 21.3. The van der Waals surface area contributed by atoms with E-state index in [9.17, 15) is 27.9 Å². The van der Waals surface area contributed by atoms with Gasteiger partial charge in [-0.25, -0.2) is 13.2 Å². The minimum absolute atomic E-state index is 0.0633. The molecule has 2 aliphatic heterocycles. The number of imide groups is 1. The van der Waals surface area contributed by atoms with Crippen molar-refractivity contribution in [1.82, 2.24) is 20.0 Å². The minimum Gasteiger partial charge on any atom is -0.388 e. The SMILES string of the molecule is CNC1(c2ccccc2)CCC2(CC1)C(=O)N(CC(=O)N1CCS(=O)(=O)CC1)C(=O)N2CC1(O)CCC1. The summed E-state index contributed by atoms with van der Waals surface area (Å²) < 4.78 is 23.5. The lowest BCUT2D eigenvalue weighted by atomic mass is 9.68. The quantitative estimate of drug-likeness (QED) is 0.520. The standard InChI is InChI=1S/C26H36N4O6S/c1-27-25(20-6-3-2-4-7-20)10-12-26(13-11-25)22(32)29(23(33)30(26)19-24(34)8-5-9-24)18-21(31)28-14-16-37(35,36)17-15-28/h2-4,6-7,27,34H,5,8-19H2,1H3. The highest BCUT2D eigenvalue weighted by Gasteiger charge is 2.61. The van der Waals surface area contributed by atoms with Crippen LogP contribution < -0.4 is 5.32 Å². The topological polar surface area (TPSA) is 127 Å². The van der Waals surface area contributed by atoms with Crippen LogP contribution in [0.5, 0.6) is 0 Å². The summed E-state index contributed by atoms with van der Waals surface area (Å²) in [4.78, 5) is 44.6. The maximum atomic E-state index is 13.9. The molecule has 0 aromatic heterocycles. The number of carbonyl (C=O) groups is 3. The molecule has 4 aliphatic rings. The summed E-state index contributed by atoms with van der Waals surface area (Å²) in [5.74, 6) is -1.05. The number of carbonyl (C=O) groups excluding carboxylic acids is 3. The Morgan fingerprint density at radius 2 is 1.62 bits per heavy atom. The predicted molar refractivity (Wildman–Crippen MR) is 136 cm³/mol. The van der Waals surface area contributed by atoms with Gasteiger partial charge in [0, 0.05) is 18.6 Å². The lowest BCUT2D eigenvalue weighted by Crippen LogP contribution is -2.60. The van der Waals surface area contributed by atoms with Crippen LogP contribution >= 0.6 is 0 Å². The first-order valence-corrected chi connectivity index (χ1v) is 14.9. The molecule has 1 aromatic rings. The van der Waals surface area contributed by atoms with E-state index in [4.69, 9.17) is 0 Å². The lowest BCUT2D eigenvalue weighted by Gasteiger charge is -2.49. The number of β-amino-alcohol motifs (C(OH)–C–C–N with tert-alkyl or cyclic N) is 1. The van der Waals surface area contributed by atoms with Crippen LogP contribution in [0.1, 0.15) is 50.5 Å². The van der Waals surface area contributed by atoms with Gasteiger partial charge in [0.25, 0.3) is 5.91 Å². The molecule has 2 saturated carbocycles. The van der Waals surface area contributed by atoms with E-state index in [2.05, 4.69) is 17.4 Å².